The third kappa shape index (κ3) is 4.08. The Morgan fingerprint density at radius 3 is 2.54 bits per heavy atom. The molecule has 3 aromatic rings. The van der Waals surface area contributed by atoms with Crippen molar-refractivity contribution in [3.05, 3.63) is 64.3 Å². The van der Waals surface area contributed by atoms with E-state index in [4.69, 9.17) is 9.15 Å². The zero-order valence-electron chi connectivity index (χ0n) is 15.9. The summed E-state index contributed by atoms with van der Waals surface area (Å²) in [5.74, 6) is 1.27. The van der Waals surface area contributed by atoms with E-state index in [0.717, 1.165) is 40.8 Å². The van der Waals surface area contributed by atoms with Crippen LogP contribution >= 0.6 is 15.9 Å². The van der Waals surface area contributed by atoms with E-state index in [-0.39, 0.29) is 5.91 Å². The fourth-order valence-corrected chi connectivity index (χ4v) is 3.98. The summed E-state index contributed by atoms with van der Waals surface area (Å²) in [6.07, 6.45) is 0. The van der Waals surface area contributed by atoms with E-state index in [0.29, 0.717) is 25.5 Å². The number of para-hydroxylation sites is 1. The molecule has 2 heterocycles. The standard InChI is InChI=1S/C22H23BrN2O3/c1-2-27-18-8-6-16(7-9-18)15-24-10-12-25(13-11-24)22(26)20-14-17-4-3-5-19(23)21(17)28-20/h3-9,14H,2,10-13,15H2,1H3. The molecule has 28 heavy (non-hydrogen) atoms. The molecule has 1 fully saturated rings. The van der Waals surface area contributed by atoms with Crippen molar-refractivity contribution >= 4 is 32.8 Å². The number of benzene rings is 2. The lowest BCUT2D eigenvalue weighted by Crippen LogP contribution is -2.48. The van der Waals surface area contributed by atoms with Crippen molar-refractivity contribution in [1.29, 1.82) is 0 Å². The molecule has 1 saturated heterocycles. The quantitative estimate of drug-likeness (QED) is 0.581. The van der Waals surface area contributed by atoms with Gasteiger partial charge in [-0.05, 0) is 52.7 Å². The molecule has 6 heteroatoms. The van der Waals surface area contributed by atoms with Crippen molar-refractivity contribution in [3.8, 4) is 5.75 Å². The number of hydrogen-bond donors (Lipinski definition) is 0. The maximum absolute atomic E-state index is 12.8. The highest BCUT2D eigenvalue weighted by atomic mass is 79.9. The second-order valence-electron chi connectivity index (χ2n) is 6.91. The normalized spacial score (nSPS) is 15.1. The predicted molar refractivity (Wildman–Crippen MR) is 113 cm³/mol. The lowest BCUT2D eigenvalue weighted by atomic mass is 10.2. The highest BCUT2D eigenvalue weighted by Crippen LogP contribution is 2.27. The Morgan fingerprint density at radius 2 is 1.86 bits per heavy atom. The number of carbonyl (C=O) groups excluding carboxylic acids is 1. The van der Waals surface area contributed by atoms with Crippen molar-refractivity contribution in [2.24, 2.45) is 0 Å². The summed E-state index contributed by atoms with van der Waals surface area (Å²) < 4.78 is 12.2. The number of furan rings is 1. The molecule has 146 valence electrons. The van der Waals surface area contributed by atoms with Crippen molar-refractivity contribution < 1.29 is 13.9 Å². The first-order valence-corrected chi connectivity index (χ1v) is 10.3. The first kappa shape index (κ1) is 19.0. The SMILES string of the molecule is CCOc1ccc(CN2CCN(C(=O)c3cc4cccc(Br)c4o3)CC2)cc1. The maximum atomic E-state index is 12.8. The number of hydrogen-bond acceptors (Lipinski definition) is 4. The molecular weight excluding hydrogens is 420 g/mol. The number of carbonyl (C=O) groups is 1. The molecule has 0 unspecified atom stereocenters. The van der Waals surface area contributed by atoms with Gasteiger partial charge in [0.05, 0.1) is 11.1 Å². The zero-order valence-corrected chi connectivity index (χ0v) is 17.4. The summed E-state index contributed by atoms with van der Waals surface area (Å²) in [7, 11) is 0. The van der Waals surface area contributed by atoms with E-state index in [1.807, 2.05) is 48.2 Å². The second kappa shape index (κ2) is 8.37. The Hall–Kier alpha value is -2.31. The van der Waals surface area contributed by atoms with Gasteiger partial charge in [-0.1, -0.05) is 24.3 Å². The van der Waals surface area contributed by atoms with Gasteiger partial charge in [0, 0.05) is 38.1 Å². The molecule has 1 aliphatic rings. The third-order valence-electron chi connectivity index (χ3n) is 5.01. The van der Waals surface area contributed by atoms with Crippen LogP contribution in [0, 0.1) is 0 Å². The van der Waals surface area contributed by atoms with Crippen molar-refractivity contribution in [3.63, 3.8) is 0 Å². The smallest absolute Gasteiger partial charge is 0.289 e. The Kier molecular flexibility index (Phi) is 5.69. The molecule has 4 rings (SSSR count). The van der Waals surface area contributed by atoms with Crippen LogP contribution in [0.2, 0.25) is 0 Å². The molecule has 0 N–H and O–H groups in total. The van der Waals surface area contributed by atoms with Gasteiger partial charge in [-0.3, -0.25) is 9.69 Å². The van der Waals surface area contributed by atoms with Gasteiger partial charge in [-0.15, -0.1) is 0 Å². The fraction of sp³-hybridized carbons (Fsp3) is 0.318. The number of piperazine rings is 1. The van der Waals surface area contributed by atoms with Gasteiger partial charge in [0.2, 0.25) is 0 Å². The van der Waals surface area contributed by atoms with Crippen LogP contribution in [0.1, 0.15) is 23.0 Å². The largest absolute Gasteiger partial charge is 0.494 e. The molecule has 1 aliphatic heterocycles. The monoisotopic (exact) mass is 442 g/mol. The summed E-state index contributed by atoms with van der Waals surface area (Å²) in [5.41, 5.74) is 1.98. The number of fused-ring (bicyclic) bond motifs is 1. The number of rotatable bonds is 5. The molecule has 0 atom stereocenters. The first-order valence-electron chi connectivity index (χ1n) is 9.55. The van der Waals surface area contributed by atoms with E-state index in [1.54, 1.807) is 0 Å². The highest BCUT2D eigenvalue weighted by molar-refractivity contribution is 9.10. The van der Waals surface area contributed by atoms with Crippen LogP contribution < -0.4 is 4.74 Å². The average molecular weight is 443 g/mol. The van der Waals surface area contributed by atoms with Crippen LogP contribution in [0.5, 0.6) is 5.75 Å². The Morgan fingerprint density at radius 1 is 1.11 bits per heavy atom. The molecular formula is C22H23BrN2O3. The minimum atomic E-state index is -0.0381. The average Bonchev–Trinajstić information content (AvgIpc) is 3.16. The summed E-state index contributed by atoms with van der Waals surface area (Å²) in [6.45, 7) is 6.65. The third-order valence-corrected chi connectivity index (χ3v) is 5.63. The molecule has 1 amide bonds. The first-order chi connectivity index (χ1) is 13.6. The summed E-state index contributed by atoms with van der Waals surface area (Å²) in [5, 5.41) is 0.937. The summed E-state index contributed by atoms with van der Waals surface area (Å²) in [6, 6.07) is 15.9. The Bertz CT molecular complexity index is 960. The number of halogens is 1. The highest BCUT2D eigenvalue weighted by Gasteiger charge is 2.25. The van der Waals surface area contributed by atoms with Crippen molar-refractivity contribution in [1.82, 2.24) is 9.80 Å². The van der Waals surface area contributed by atoms with Gasteiger partial charge < -0.3 is 14.1 Å². The van der Waals surface area contributed by atoms with Crippen molar-refractivity contribution in [2.75, 3.05) is 32.8 Å². The molecule has 0 bridgehead atoms. The lowest BCUT2D eigenvalue weighted by molar-refractivity contribution is 0.0600. The number of ether oxygens (including phenoxy) is 1. The lowest BCUT2D eigenvalue weighted by Gasteiger charge is -2.34. The molecule has 5 nitrogen and oxygen atoms in total. The molecule has 1 aromatic heterocycles. The van der Waals surface area contributed by atoms with E-state index < -0.39 is 0 Å². The minimum absolute atomic E-state index is 0.0381. The van der Waals surface area contributed by atoms with Crippen LogP contribution in [0.25, 0.3) is 11.0 Å². The van der Waals surface area contributed by atoms with Gasteiger partial charge in [-0.25, -0.2) is 0 Å². The maximum Gasteiger partial charge on any atom is 0.289 e. The van der Waals surface area contributed by atoms with Gasteiger partial charge in [-0.2, -0.15) is 0 Å². The van der Waals surface area contributed by atoms with Crippen LogP contribution in [0.3, 0.4) is 0 Å². The van der Waals surface area contributed by atoms with Crippen LogP contribution in [-0.4, -0.2) is 48.5 Å². The van der Waals surface area contributed by atoms with Gasteiger partial charge >= 0.3 is 0 Å². The van der Waals surface area contributed by atoms with Crippen LogP contribution in [0.15, 0.2) is 57.4 Å². The minimum Gasteiger partial charge on any atom is -0.494 e. The second-order valence-corrected chi connectivity index (χ2v) is 7.77. The molecule has 0 aliphatic carbocycles. The van der Waals surface area contributed by atoms with Crippen LogP contribution in [0.4, 0.5) is 0 Å². The van der Waals surface area contributed by atoms with E-state index in [1.165, 1.54) is 5.56 Å². The van der Waals surface area contributed by atoms with E-state index >= 15 is 0 Å². The van der Waals surface area contributed by atoms with Gasteiger partial charge in [0.15, 0.2) is 5.76 Å². The number of amides is 1. The fourth-order valence-electron chi connectivity index (χ4n) is 3.51. The molecule has 0 saturated carbocycles. The molecule has 0 spiro atoms. The van der Waals surface area contributed by atoms with E-state index in [9.17, 15) is 4.79 Å². The predicted octanol–water partition coefficient (Wildman–Crippen LogP) is 4.55. The van der Waals surface area contributed by atoms with Gasteiger partial charge in [0.25, 0.3) is 5.91 Å². The van der Waals surface area contributed by atoms with Crippen molar-refractivity contribution in [2.45, 2.75) is 13.5 Å². The number of nitrogens with zero attached hydrogens (tertiary/aromatic N) is 2. The zero-order chi connectivity index (χ0) is 19.5. The summed E-state index contributed by atoms with van der Waals surface area (Å²) in [4.78, 5) is 17.1. The van der Waals surface area contributed by atoms with Gasteiger partial charge in [0.1, 0.15) is 11.3 Å². The topological polar surface area (TPSA) is 45.9 Å². The molecule has 2 aromatic carbocycles. The van der Waals surface area contributed by atoms with E-state index in [2.05, 4.69) is 33.0 Å². The summed E-state index contributed by atoms with van der Waals surface area (Å²) >= 11 is 3.47. The molecule has 0 radical (unpaired) electrons. The van der Waals surface area contributed by atoms with Crippen LogP contribution in [-0.2, 0) is 6.54 Å². The Balaban J connectivity index is 1.35. The Labute approximate surface area is 173 Å².